The van der Waals surface area contributed by atoms with Gasteiger partial charge in [-0.05, 0) is 0 Å². The molecule has 1 spiro atoms. The topological polar surface area (TPSA) is 57.4 Å². The molecule has 0 unspecified atom stereocenters. The predicted molar refractivity (Wildman–Crippen MR) is 56.0 cm³/mol. The lowest BCUT2D eigenvalue weighted by Crippen LogP contribution is -2.20. The van der Waals surface area contributed by atoms with E-state index in [0.29, 0.717) is 0 Å². The maximum absolute atomic E-state index is 4.08. The highest BCUT2D eigenvalue weighted by Crippen LogP contribution is 2.45. The van der Waals surface area contributed by atoms with E-state index >= 15 is 0 Å². The fraction of sp³-hybridized carbons (Fsp3) is 0.0909. The Hall–Kier alpha value is -2.10. The van der Waals surface area contributed by atoms with Crippen molar-refractivity contribution in [3.8, 4) is 0 Å². The van der Waals surface area contributed by atoms with Gasteiger partial charge in [0.15, 0.2) is 0 Å². The van der Waals surface area contributed by atoms with Gasteiger partial charge in [0.25, 0.3) is 0 Å². The number of allylic oxidation sites excluding steroid dienone is 2. The number of aromatic amines is 2. The summed E-state index contributed by atoms with van der Waals surface area (Å²) in [7, 11) is 0. The van der Waals surface area contributed by atoms with Gasteiger partial charge >= 0.3 is 0 Å². The summed E-state index contributed by atoms with van der Waals surface area (Å²) in [6.45, 7) is 0. The van der Waals surface area contributed by atoms with Gasteiger partial charge in [-0.1, -0.05) is 24.3 Å². The van der Waals surface area contributed by atoms with Crippen LogP contribution in [0.15, 0.2) is 24.5 Å². The van der Waals surface area contributed by atoms with Crippen molar-refractivity contribution >= 4 is 12.2 Å². The number of fused-ring (bicyclic) bond motifs is 4. The summed E-state index contributed by atoms with van der Waals surface area (Å²) in [6.07, 6.45) is 12.2. The number of H-pyrrole nitrogens is 2. The predicted octanol–water partition coefficient (Wildman–Crippen LogP) is 1.47. The third-order valence-corrected chi connectivity index (χ3v) is 3.22. The summed E-state index contributed by atoms with van der Waals surface area (Å²) in [5, 5.41) is 14.3. The SMILES string of the molecule is C1=CC2(C=Cc3cn[nH]c32)c2[nH]ncc21. The van der Waals surface area contributed by atoms with Crippen LogP contribution in [-0.2, 0) is 5.41 Å². The molecule has 2 aromatic rings. The van der Waals surface area contributed by atoms with Gasteiger partial charge in [0, 0.05) is 11.1 Å². The highest BCUT2D eigenvalue weighted by molar-refractivity contribution is 5.76. The molecule has 0 aromatic carbocycles. The quantitative estimate of drug-likeness (QED) is 0.670. The fourth-order valence-corrected chi connectivity index (χ4v) is 2.46. The molecule has 0 saturated carbocycles. The summed E-state index contributed by atoms with van der Waals surface area (Å²) >= 11 is 0. The first-order chi connectivity index (χ1) is 7.40. The molecule has 4 heteroatoms. The molecular formula is C11H8N4. The molecule has 15 heavy (non-hydrogen) atoms. The Morgan fingerprint density at radius 2 is 1.40 bits per heavy atom. The molecule has 0 aliphatic heterocycles. The number of aromatic nitrogens is 4. The van der Waals surface area contributed by atoms with Gasteiger partial charge in [-0.15, -0.1) is 0 Å². The molecule has 2 heterocycles. The van der Waals surface area contributed by atoms with Crippen LogP contribution in [-0.4, -0.2) is 20.4 Å². The highest BCUT2D eigenvalue weighted by atomic mass is 15.1. The van der Waals surface area contributed by atoms with E-state index < -0.39 is 0 Å². The van der Waals surface area contributed by atoms with Crippen molar-refractivity contribution in [2.24, 2.45) is 0 Å². The molecule has 0 fully saturated rings. The Kier molecular flexibility index (Phi) is 1.02. The van der Waals surface area contributed by atoms with E-state index in [1.807, 2.05) is 12.4 Å². The normalized spacial score (nSPS) is 18.7. The minimum absolute atomic E-state index is 0.183. The first-order valence-electron chi connectivity index (χ1n) is 4.86. The van der Waals surface area contributed by atoms with Crippen LogP contribution in [0.5, 0.6) is 0 Å². The summed E-state index contributed by atoms with van der Waals surface area (Å²) < 4.78 is 0. The van der Waals surface area contributed by atoms with E-state index in [4.69, 9.17) is 0 Å². The van der Waals surface area contributed by atoms with E-state index in [2.05, 4.69) is 44.7 Å². The van der Waals surface area contributed by atoms with Crippen LogP contribution >= 0.6 is 0 Å². The lowest BCUT2D eigenvalue weighted by Gasteiger charge is -2.18. The van der Waals surface area contributed by atoms with E-state index in [1.165, 1.54) is 0 Å². The smallest absolute Gasteiger partial charge is 0.0914 e. The average Bonchev–Trinajstić information content (AvgIpc) is 2.95. The molecule has 2 aliphatic carbocycles. The number of hydrogen-bond donors (Lipinski definition) is 2. The Bertz CT molecular complexity index is 545. The Labute approximate surface area is 85.7 Å². The van der Waals surface area contributed by atoms with Gasteiger partial charge in [0.2, 0.25) is 0 Å². The minimum atomic E-state index is -0.183. The Balaban J connectivity index is 2.08. The second kappa shape index (κ2) is 2.11. The van der Waals surface area contributed by atoms with Crippen LogP contribution in [0.25, 0.3) is 12.2 Å². The zero-order valence-corrected chi connectivity index (χ0v) is 7.86. The van der Waals surface area contributed by atoms with Crippen molar-refractivity contribution < 1.29 is 0 Å². The van der Waals surface area contributed by atoms with Gasteiger partial charge in [-0.2, -0.15) is 10.2 Å². The van der Waals surface area contributed by atoms with Crippen molar-refractivity contribution in [1.29, 1.82) is 0 Å². The molecule has 4 nitrogen and oxygen atoms in total. The summed E-state index contributed by atoms with van der Waals surface area (Å²) in [5.41, 5.74) is 4.38. The Morgan fingerprint density at radius 3 is 1.93 bits per heavy atom. The van der Waals surface area contributed by atoms with Crippen LogP contribution in [0.2, 0.25) is 0 Å². The molecule has 2 aliphatic rings. The average molecular weight is 196 g/mol. The first kappa shape index (κ1) is 7.23. The molecule has 2 aromatic heterocycles. The molecule has 4 rings (SSSR count). The monoisotopic (exact) mass is 196 g/mol. The van der Waals surface area contributed by atoms with Crippen molar-refractivity contribution in [2.75, 3.05) is 0 Å². The van der Waals surface area contributed by atoms with Crippen molar-refractivity contribution in [3.63, 3.8) is 0 Å². The van der Waals surface area contributed by atoms with Gasteiger partial charge in [-0.3, -0.25) is 10.2 Å². The second-order valence-corrected chi connectivity index (χ2v) is 3.94. The van der Waals surface area contributed by atoms with Crippen LogP contribution in [0.3, 0.4) is 0 Å². The third-order valence-electron chi connectivity index (χ3n) is 3.22. The number of nitrogens with zero attached hydrogens (tertiary/aromatic N) is 2. The molecule has 2 N–H and O–H groups in total. The lowest BCUT2D eigenvalue weighted by molar-refractivity contribution is 0.753. The van der Waals surface area contributed by atoms with Crippen LogP contribution in [0.4, 0.5) is 0 Å². The number of hydrogen-bond acceptors (Lipinski definition) is 2. The highest BCUT2D eigenvalue weighted by Gasteiger charge is 2.41. The molecule has 0 saturated heterocycles. The van der Waals surface area contributed by atoms with E-state index in [1.54, 1.807) is 0 Å². The first-order valence-corrected chi connectivity index (χ1v) is 4.86. The maximum atomic E-state index is 4.08. The summed E-state index contributed by atoms with van der Waals surface area (Å²) in [4.78, 5) is 0. The molecule has 0 amide bonds. The van der Waals surface area contributed by atoms with Crippen LogP contribution < -0.4 is 0 Å². The van der Waals surface area contributed by atoms with E-state index in [9.17, 15) is 0 Å². The van der Waals surface area contributed by atoms with Crippen molar-refractivity contribution in [2.45, 2.75) is 5.41 Å². The minimum Gasteiger partial charge on any atom is -0.280 e. The number of rotatable bonds is 0. The van der Waals surface area contributed by atoms with E-state index in [0.717, 1.165) is 22.5 Å². The second-order valence-electron chi connectivity index (χ2n) is 3.94. The van der Waals surface area contributed by atoms with Gasteiger partial charge in [0.1, 0.15) is 0 Å². The van der Waals surface area contributed by atoms with Crippen molar-refractivity contribution in [1.82, 2.24) is 20.4 Å². The molecule has 0 bridgehead atoms. The van der Waals surface area contributed by atoms with Crippen LogP contribution in [0.1, 0.15) is 22.5 Å². The van der Waals surface area contributed by atoms with Crippen molar-refractivity contribution in [3.05, 3.63) is 47.1 Å². The van der Waals surface area contributed by atoms with Gasteiger partial charge in [-0.25, -0.2) is 0 Å². The fourth-order valence-electron chi connectivity index (χ4n) is 2.46. The molecule has 72 valence electrons. The molecule has 0 atom stereocenters. The zero-order valence-electron chi connectivity index (χ0n) is 7.86. The largest absolute Gasteiger partial charge is 0.280 e. The van der Waals surface area contributed by atoms with E-state index in [-0.39, 0.29) is 5.41 Å². The van der Waals surface area contributed by atoms with Crippen LogP contribution in [0, 0.1) is 0 Å². The standard InChI is InChI=1S/C11H8N4/c1-3-11(9-7(1)5-12-14-9)4-2-8-6-13-15-10(8)11/h1-6H,(H,12,14)(H,13,15). The summed E-state index contributed by atoms with van der Waals surface area (Å²) in [5.74, 6) is 0. The summed E-state index contributed by atoms with van der Waals surface area (Å²) in [6, 6.07) is 0. The van der Waals surface area contributed by atoms with Gasteiger partial charge in [0.05, 0.1) is 29.2 Å². The Morgan fingerprint density at radius 1 is 0.867 bits per heavy atom. The zero-order chi connectivity index (χ0) is 9.88. The molecule has 0 radical (unpaired) electrons. The maximum Gasteiger partial charge on any atom is 0.0914 e. The molecular weight excluding hydrogens is 188 g/mol. The number of nitrogens with one attached hydrogen (secondary N) is 2. The lowest BCUT2D eigenvalue weighted by atomic mass is 9.86. The third kappa shape index (κ3) is 0.664. The van der Waals surface area contributed by atoms with Gasteiger partial charge < -0.3 is 0 Å².